The van der Waals surface area contributed by atoms with Crippen molar-refractivity contribution in [3.05, 3.63) is 53.6 Å². The minimum Gasteiger partial charge on any atom is -0.462 e. The number of ether oxygens (including phenoxy) is 1. The number of esters is 1. The van der Waals surface area contributed by atoms with Gasteiger partial charge in [-0.25, -0.2) is 4.79 Å². The molecular weight excluding hydrogens is 419 g/mol. The maximum atomic E-state index is 12.1. The van der Waals surface area contributed by atoms with E-state index in [2.05, 4.69) is 22.0 Å². The molecule has 148 valence electrons. The lowest BCUT2D eigenvalue weighted by Gasteiger charge is -2.32. The number of hydrogen-bond acceptors (Lipinski definition) is 4. The second kappa shape index (κ2) is 8.01. The zero-order valence-electron chi connectivity index (χ0n) is 17.0. The predicted molar refractivity (Wildman–Crippen MR) is 116 cm³/mol. The van der Waals surface area contributed by atoms with Crippen LogP contribution in [0.3, 0.4) is 0 Å². The average molecular weight is 445 g/mol. The lowest BCUT2D eigenvalue weighted by atomic mass is 9.74. The van der Waals surface area contributed by atoms with Crippen LogP contribution in [0.15, 0.2) is 42.5 Å². The molecule has 0 saturated carbocycles. The molecule has 3 rings (SSSR count). The molecule has 1 aliphatic heterocycles. The molecule has 28 heavy (non-hydrogen) atoms. The summed E-state index contributed by atoms with van der Waals surface area (Å²) in [4.78, 5) is 12.1. The Hall–Kier alpha value is -1.63. The van der Waals surface area contributed by atoms with Gasteiger partial charge in [0, 0.05) is 5.33 Å². The molecule has 0 aliphatic carbocycles. The quantitative estimate of drug-likeness (QED) is 0.380. The van der Waals surface area contributed by atoms with Crippen molar-refractivity contribution in [2.24, 2.45) is 0 Å². The first-order chi connectivity index (χ1) is 13.2. The highest BCUT2D eigenvalue weighted by molar-refractivity contribution is 9.08. The first kappa shape index (κ1) is 21.1. The first-order valence-corrected chi connectivity index (χ1v) is 10.6. The van der Waals surface area contributed by atoms with E-state index < -0.39 is 18.3 Å². The summed E-state index contributed by atoms with van der Waals surface area (Å²) in [5.74, 6) is -0.313. The standard InChI is InChI=1S/C22H26BBrO4/c1-6-26-20(25)16-10-7-9-15(13-16)17-11-8-12-19(18(17)14-24)23-27-21(2,3)22(4,5)28-23/h7-13H,6,14H2,1-5H3. The normalized spacial score (nSPS) is 17.6. The minimum atomic E-state index is -0.439. The van der Waals surface area contributed by atoms with Crippen molar-refractivity contribution in [3.63, 3.8) is 0 Å². The van der Waals surface area contributed by atoms with E-state index in [-0.39, 0.29) is 5.97 Å². The van der Waals surface area contributed by atoms with Crippen LogP contribution in [0.5, 0.6) is 0 Å². The van der Waals surface area contributed by atoms with Gasteiger partial charge in [0.25, 0.3) is 0 Å². The van der Waals surface area contributed by atoms with E-state index in [4.69, 9.17) is 14.0 Å². The van der Waals surface area contributed by atoms with E-state index >= 15 is 0 Å². The van der Waals surface area contributed by atoms with Crippen LogP contribution in [-0.2, 0) is 19.4 Å². The summed E-state index contributed by atoms with van der Waals surface area (Å²) in [5.41, 5.74) is 3.81. The highest BCUT2D eigenvalue weighted by Crippen LogP contribution is 2.37. The molecule has 0 amide bonds. The van der Waals surface area contributed by atoms with Crippen molar-refractivity contribution in [1.82, 2.24) is 0 Å². The van der Waals surface area contributed by atoms with E-state index in [0.717, 1.165) is 22.2 Å². The molecule has 1 saturated heterocycles. The van der Waals surface area contributed by atoms with Crippen LogP contribution < -0.4 is 5.46 Å². The molecule has 1 heterocycles. The Balaban J connectivity index is 2.02. The molecule has 0 bridgehead atoms. The van der Waals surface area contributed by atoms with Crippen LogP contribution in [-0.4, -0.2) is 30.9 Å². The predicted octanol–water partition coefficient (Wildman–Crippen LogP) is 4.72. The second-order valence-electron chi connectivity index (χ2n) is 7.90. The fraction of sp³-hybridized carbons (Fsp3) is 0.409. The lowest BCUT2D eigenvalue weighted by Crippen LogP contribution is -2.41. The summed E-state index contributed by atoms with van der Waals surface area (Å²) < 4.78 is 17.7. The highest BCUT2D eigenvalue weighted by atomic mass is 79.9. The minimum absolute atomic E-state index is 0.313. The Morgan fingerprint density at radius 1 is 1.07 bits per heavy atom. The fourth-order valence-corrected chi connectivity index (χ4v) is 3.87. The fourth-order valence-electron chi connectivity index (χ4n) is 3.24. The molecule has 1 aliphatic rings. The van der Waals surface area contributed by atoms with Gasteiger partial charge in [-0.2, -0.15) is 0 Å². The van der Waals surface area contributed by atoms with Crippen molar-refractivity contribution in [1.29, 1.82) is 0 Å². The molecule has 6 heteroatoms. The maximum absolute atomic E-state index is 12.1. The van der Waals surface area contributed by atoms with Gasteiger partial charge in [-0.05, 0) is 68.9 Å². The molecule has 0 atom stereocenters. The summed E-state index contributed by atoms with van der Waals surface area (Å²) in [6, 6.07) is 13.6. The van der Waals surface area contributed by atoms with Gasteiger partial charge in [-0.15, -0.1) is 0 Å². The van der Waals surface area contributed by atoms with Gasteiger partial charge in [0.1, 0.15) is 0 Å². The highest BCUT2D eigenvalue weighted by Gasteiger charge is 2.52. The monoisotopic (exact) mass is 444 g/mol. The van der Waals surface area contributed by atoms with Gasteiger partial charge in [0.15, 0.2) is 0 Å². The third-order valence-electron chi connectivity index (χ3n) is 5.54. The van der Waals surface area contributed by atoms with Crippen molar-refractivity contribution in [2.45, 2.75) is 51.2 Å². The Labute approximate surface area is 175 Å². The summed E-state index contributed by atoms with van der Waals surface area (Å²) >= 11 is 3.63. The van der Waals surface area contributed by atoms with E-state index in [9.17, 15) is 4.79 Å². The number of halogens is 1. The molecule has 0 radical (unpaired) electrons. The van der Waals surface area contributed by atoms with Gasteiger partial charge in [0.05, 0.1) is 23.4 Å². The molecule has 0 N–H and O–H groups in total. The van der Waals surface area contributed by atoms with Crippen LogP contribution in [0.1, 0.15) is 50.5 Å². The van der Waals surface area contributed by atoms with Crippen molar-refractivity contribution in [2.75, 3.05) is 6.61 Å². The number of benzene rings is 2. The molecular formula is C22H26BBrO4. The number of carbonyl (C=O) groups is 1. The van der Waals surface area contributed by atoms with Crippen LogP contribution in [0.2, 0.25) is 0 Å². The molecule has 0 aromatic heterocycles. The van der Waals surface area contributed by atoms with E-state index in [1.807, 2.05) is 58.0 Å². The zero-order chi connectivity index (χ0) is 20.5. The number of alkyl halides is 1. The number of hydrogen-bond donors (Lipinski definition) is 0. The van der Waals surface area contributed by atoms with Crippen LogP contribution in [0.4, 0.5) is 0 Å². The van der Waals surface area contributed by atoms with Gasteiger partial charge < -0.3 is 14.0 Å². The topological polar surface area (TPSA) is 44.8 Å². The van der Waals surface area contributed by atoms with Crippen LogP contribution in [0.25, 0.3) is 11.1 Å². The largest absolute Gasteiger partial charge is 0.495 e. The van der Waals surface area contributed by atoms with E-state index in [1.54, 1.807) is 13.0 Å². The Morgan fingerprint density at radius 3 is 2.32 bits per heavy atom. The second-order valence-corrected chi connectivity index (χ2v) is 8.46. The zero-order valence-corrected chi connectivity index (χ0v) is 18.6. The molecule has 0 spiro atoms. The Bertz CT molecular complexity index is 863. The number of rotatable bonds is 5. The molecule has 2 aromatic rings. The first-order valence-electron chi connectivity index (χ1n) is 9.51. The Morgan fingerprint density at radius 2 is 1.71 bits per heavy atom. The smallest absolute Gasteiger partial charge is 0.462 e. The van der Waals surface area contributed by atoms with Crippen molar-refractivity contribution in [3.8, 4) is 11.1 Å². The molecule has 1 fully saturated rings. The summed E-state index contributed by atoms with van der Waals surface area (Å²) in [6.45, 7) is 10.4. The summed E-state index contributed by atoms with van der Waals surface area (Å²) in [5, 5.41) is 0.645. The average Bonchev–Trinajstić information content (AvgIpc) is 2.88. The van der Waals surface area contributed by atoms with Gasteiger partial charge in [0.2, 0.25) is 0 Å². The summed E-state index contributed by atoms with van der Waals surface area (Å²) in [7, 11) is -0.439. The Kier molecular flexibility index (Phi) is 6.04. The van der Waals surface area contributed by atoms with Crippen LogP contribution >= 0.6 is 15.9 Å². The van der Waals surface area contributed by atoms with Crippen molar-refractivity contribution >= 4 is 34.5 Å². The SMILES string of the molecule is CCOC(=O)c1cccc(-c2cccc(B3OC(C)(C)C(C)(C)O3)c2CBr)c1. The van der Waals surface area contributed by atoms with Gasteiger partial charge >= 0.3 is 13.1 Å². The van der Waals surface area contributed by atoms with E-state index in [1.165, 1.54) is 0 Å². The molecule has 2 aromatic carbocycles. The number of carbonyl (C=O) groups excluding carboxylic acids is 1. The third-order valence-corrected chi connectivity index (χ3v) is 6.10. The van der Waals surface area contributed by atoms with Crippen LogP contribution in [0, 0.1) is 0 Å². The maximum Gasteiger partial charge on any atom is 0.495 e. The lowest BCUT2D eigenvalue weighted by molar-refractivity contribution is 0.00578. The molecule has 4 nitrogen and oxygen atoms in total. The third kappa shape index (κ3) is 3.91. The van der Waals surface area contributed by atoms with E-state index in [0.29, 0.717) is 17.5 Å². The molecule has 0 unspecified atom stereocenters. The summed E-state index contributed by atoms with van der Waals surface area (Å²) in [6.07, 6.45) is 0. The van der Waals surface area contributed by atoms with Crippen molar-refractivity contribution < 1.29 is 18.8 Å². The van der Waals surface area contributed by atoms with Gasteiger partial charge in [-0.3, -0.25) is 0 Å². The van der Waals surface area contributed by atoms with Gasteiger partial charge in [-0.1, -0.05) is 46.3 Å².